The van der Waals surface area contributed by atoms with Crippen molar-refractivity contribution in [2.24, 2.45) is 11.1 Å². The molecule has 7 heteroatoms. The fourth-order valence-electron chi connectivity index (χ4n) is 2.97. The molecule has 1 aromatic carbocycles. The van der Waals surface area contributed by atoms with Gasteiger partial charge in [-0.05, 0) is 37.0 Å². The summed E-state index contributed by atoms with van der Waals surface area (Å²) in [5, 5.41) is 4.19. The normalized spacial score (nSPS) is 20.0. The summed E-state index contributed by atoms with van der Waals surface area (Å²) in [5.74, 6) is 0.768. The third kappa shape index (κ3) is 5.45. The third-order valence-corrected chi connectivity index (χ3v) is 5.20. The molecule has 0 spiro atoms. The lowest BCUT2D eigenvalue weighted by molar-refractivity contribution is -0.149. The smallest absolute Gasteiger partial charge is 0.347 e. The highest BCUT2D eigenvalue weighted by Crippen LogP contribution is 2.36. The zero-order chi connectivity index (χ0) is 19.2. The van der Waals surface area contributed by atoms with Gasteiger partial charge in [0.25, 0.3) is 0 Å². The second-order valence-electron chi connectivity index (χ2n) is 6.93. The van der Waals surface area contributed by atoms with Crippen molar-refractivity contribution < 1.29 is 23.8 Å². The summed E-state index contributed by atoms with van der Waals surface area (Å²) < 4.78 is 17.9. The molecular weight excluding hydrogens is 414 g/mol. The summed E-state index contributed by atoms with van der Waals surface area (Å²) in [6.45, 7) is 3.16. The summed E-state index contributed by atoms with van der Waals surface area (Å²) >= 11 is 3.50. The van der Waals surface area contributed by atoms with Gasteiger partial charge in [-0.15, -0.1) is 0 Å². The van der Waals surface area contributed by atoms with Crippen LogP contribution in [-0.4, -0.2) is 44.2 Å². The molecule has 1 aromatic rings. The molecule has 1 fully saturated rings. The first-order valence-electron chi connectivity index (χ1n) is 9.48. The quantitative estimate of drug-likeness (QED) is 0.405. The summed E-state index contributed by atoms with van der Waals surface area (Å²) in [6, 6.07) is 5.64. The molecule has 1 heterocycles. The second kappa shape index (κ2) is 9.55. The molecule has 2 atom stereocenters. The number of hydrogen-bond acceptors (Lipinski definition) is 6. The van der Waals surface area contributed by atoms with Crippen LogP contribution in [0, 0.1) is 5.92 Å². The van der Waals surface area contributed by atoms with E-state index in [4.69, 9.17) is 19.0 Å². The zero-order valence-corrected chi connectivity index (χ0v) is 17.4. The Bertz CT molecular complexity index is 689. The van der Waals surface area contributed by atoms with Gasteiger partial charge in [0.15, 0.2) is 6.10 Å². The van der Waals surface area contributed by atoms with Crippen molar-refractivity contribution in [1.82, 2.24) is 0 Å². The monoisotopic (exact) mass is 439 g/mol. The molecule has 0 amide bonds. The molecule has 6 nitrogen and oxygen atoms in total. The van der Waals surface area contributed by atoms with Gasteiger partial charge < -0.3 is 19.0 Å². The van der Waals surface area contributed by atoms with E-state index in [1.807, 2.05) is 18.2 Å². The molecule has 1 saturated carbocycles. The van der Waals surface area contributed by atoms with E-state index in [9.17, 15) is 4.79 Å². The van der Waals surface area contributed by atoms with E-state index in [1.54, 1.807) is 0 Å². The van der Waals surface area contributed by atoms with Gasteiger partial charge in [0.2, 0.25) is 0 Å². The second-order valence-corrected chi connectivity index (χ2v) is 7.85. The maximum Gasteiger partial charge on any atom is 0.347 e. The van der Waals surface area contributed by atoms with Gasteiger partial charge in [-0.3, -0.25) is 0 Å². The molecule has 0 bridgehead atoms. The number of nitrogens with zero attached hydrogens (tertiary/aromatic N) is 1. The van der Waals surface area contributed by atoms with Crippen LogP contribution in [0.2, 0.25) is 0 Å². The summed E-state index contributed by atoms with van der Waals surface area (Å²) in [5.41, 5.74) is 1.46. The Morgan fingerprint density at radius 1 is 1.41 bits per heavy atom. The Balaban J connectivity index is 1.80. The third-order valence-electron chi connectivity index (χ3n) is 4.71. The van der Waals surface area contributed by atoms with Gasteiger partial charge in [0.05, 0.1) is 7.11 Å². The van der Waals surface area contributed by atoms with Crippen molar-refractivity contribution in [2.45, 2.75) is 51.2 Å². The maximum absolute atomic E-state index is 12.2. The largest absolute Gasteiger partial charge is 0.478 e. The lowest BCUT2D eigenvalue weighted by atomic mass is 10.0. The number of carbonyl (C=O) groups is 1. The minimum Gasteiger partial charge on any atom is -0.478 e. The standard InChI is InChI=1S/C20H26BrNO5/c1-3-4-9-25-18-12-26-22-19(18)15-11-14(21)7-8-16(15)27-17(20(23)24-2)10-13-5-6-13/h7-8,11,13,17-18H,3-6,9-10,12H2,1-2H3/t17-,18?/m0/s1. The number of halogens is 1. The molecule has 27 heavy (non-hydrogen) atoms. The van der Waals surface area contributed by atoms with Crippen LogP contribution in [0.1, 0.15) is 44.6 Å². The number of esters is 1. The van der Waals surface area contributed by atoms with Gasteiger partial charge >= 0.3 is 5.97 Å². The van der Waals surface area contributed by atoms with Crippen LogP contribution in [0.5, 0.6) is 5.75 Å². The SMILES string of the molecule is CCCCOC1CON=C1c1cc(Br)ccc1O[C@@H](CC1CC1)C(=O)OC. The van der Waals surface area contributed by atoms with Gasteiger partial charge in [0, 0.05) is 16.6 Å². The van der Waals surface area contributed by atoms with Crippen LogP contribution in [0.4, 0.5) is 0 Å². The molecular formula is C20H26BrNO5. The average molecular weight is 440 g/mol. The van der Waals surface area contributed by atoms with Crippen LogP contribution in [0.25, 0.3) is 0 Å². The number of oxime groups is 1. The number of benzene rings is 1. The van der Waals surface area contributed by atoms with Crippen molar-refractivity contribution in [1.29, 1.82) is 0 Å². The van der Waals surface area contributed by atoms with Crippen molar-refractivity contribution in [3.8, 4) is 5.75 Å². The first-order chi connectivity index (χ1) is 13.1. The predicted molar refractivity (Wildman–Crippen MR) is 105 cm³/mol. The van der Waals surface area contributed by atoms with Crippen LogP contribution in [-0.2, 0) is 19.1 Å². The number of unbranched alkanes of at least 4 members (excludes halogenated alkanes) is 1. The average Bonchev–Trinajstić information content (AvgIpc) is 3.37. The van der Waals surface area contributed by atoms with Crippen LogP contribution >= 0.6 is 15.9 Å². The Kier molecular flexibility index (Phi) is 7.13. The number of carbonyl (C=O) groups excluding carboxylic acids is 1. The molecule has 1 aliphatic heterocycles. The lowest BCUT2D eigenvalue weighted by Gasteiger charge is -2.20. The summed E-state index contributed by atoms with van der Waals surface area (Å²) in [7, 11) is 1.39. The molecule has 0 N–H and O–H groups in total. The molecule has 2 aliphatic rings. The van der Waals surface area contributed by atoms with E-state index in [0.717, 1.165) is 35.7 Å². The topological polar surface area (TPSA) is 66.3 Å². The summed E-state index contributed by atoms with van der Waals surface area (Å²) in [6.07, 6.45) is 4.13. The number of hydrogen-bond donors (Lipinski definition) is 0. The molecule has 148 valence electrons. The highest BCUT2D eigenvalue weighted by atomic mass is 79.9. The van der Waals surface area contributed by atoms with Crippen LogP contribution < -0.4 is 4.74 Å². The fourth-order valence-corrected chi connectivity index (χ4v) is 3.33. The van der Waals surface area contributed by atoms with Gasteiger partial charge in [-0.2, -0.15) is 0 Å². The number of methoxy groups -OCH3 is 1. The fraction of sp³-hybridized carbons (Fsp3) is 0.600. The minimum atomic E-state index is -0.621. The van der Waals surface area contributed by atoms with Crippen molar-refractivity contribution in [3.63, 3.8) is 0 Å². The van der Waals surface area contributed by atoms with E-state index >= 15 is 0 Å². The van der Waals surface area contributed by atoms with E-state index in [-0.39, 0.29) is 12.1 Å². The Morgan fingerprint density at radius 2 is 2.22 bits per heavy atom. The first-order valence-corrected chi connectivity index (χ1v) is 10.3. The van der Waals surface area contributed by atoms with E-state index in [2.05, 4.69) is 28.0 Å². The highest BCUT2D eigenvalue weighted by molar-refractivity contribution is 9.10. The van der Waals surface area contributed by atoms with Gasteiger partial charge in [0.1, 0.15) is 24.2 Å². The van der Waals surface area contributed by atoms with Crippen molar-refractivity contribution in [2.75, 3.05) is 20.3 Å². The number of rotatable bonds is 10. The molecule has 0 radical (unpaired) electrons. The van der Waals surface area contributed by atoms with Crippen LogP contribution in [0.15, 0.2) is 27.8 Å². The Morgan fingerprint density at radius 3 is 2.93 bits per heavy atom. The first kappa shape index (κ1) is 20.1. The van der Waals surface area contributed by atoms with E-state index < -0.39 is 6.10 Å². The van der Waals surface area contributed by atoms with Crippen LogP contribution in [0.3, 0.4) is 0 Å². The number of ether oxygens (including phenoxy) is 3. The molecule has 3 rings (SSSR count). The highest BCUT2D eigenvalue weighted by Gasteiger charge is 2.33. The molecule has 1 unspecified atom stereocenters. The van der Waals surface area contributed by atoms with Crippen molar-refractivity contribution in [3.05, 3.63) is 28.2 Å². The Hall–Kier alpha value is -1.60. The predicted octanol–water partition coefficient (Wildman–Crippen LogP) is 4.09. The summed E-state index contributed by atoms with van der Waals surface area (Å²) in [4.78, 5) is 17.5. The van der Waals surface area contributed by atoms with Gasteiger partial charge in [-0.1, -0.05) is 47.3 Å². The minimum absolute atomic E-state index is 0.242. The van der Waals surface area contributed by atoms with E-state index in [1.165, 1.54) is 7.11 Å². The lowest BCUT2D eigenvalue weighted by Crippen LogP contribution is -2.31. The zero-order valence-electron chi connectivity index (χ0n) is 15.8. The molecule has 0 aromatic heterocycles. The maximum atomic E-state index is 12.2. The van der Waals surface area contributed by atoms with Crippen molar-refractivity contribution >= 4 is 27.6 Å². The van der Waals surface area contributed by atoms with Gasteiger partial charge in [-0.25, -0.2) is 4.79 Å². The Labute approximate surface area is 168 Å². The molecule has 1 aliphatic carbocycles. The molecule has 0 saturated heterocycles. The van der Waals surface area contributed by atoms with E-state index in [0.29, 0.717) is 37.0 Å².